The lowest BCUT2D eigenvalue weighted by atomic mass is 10.0. The fourth-order valence-electron chi connectivity index (χ4n) is 2.18. The average Bonchev–Trinajstić information content (AvgIpc) is 2.96. The molecule has 0 bridgehead atoms. The van der Waals surface area contributed by atoms with Crippen molar-refractivity contribution >= 4 is 11.4 Å². The zero-order valence-electron chi connectivity index (χ0n) is 12.5. The van der Waals surface area contributed by atoms with Gasteiger partial charge >= 0.3 is 0 Å². The maximum absolute atomic E-state index is 11.8. The SMILES string of the molecule is CCC(=O)c1ccc(C)c(C#Cc2cnc3cccnn23)c1. The minimum Gasteiger partial charge on any atom is -0.294 e. The molecule has 22 heavy (non-hydrogen) atoms. The van der Waals surface area contributed by atoms with Crippen LogP contribution in [-0.4, -0.2) is 20.4 Å². The summed E-state index contributed by atoms with van der Waals surface area (Å²) in [6.07, 6.45) is 3.89. The molecular formula is C18H15N3O. The lowest BCUT2D eigenvalue weighted by Crippen LogP contribution is -1.98. The first kappa shape index (κ1) is 14.0. The van der Waals surface area contributed by atoms with Gasteiger partial charge < -0.3 is 0 Å². The van der Waals surface area contributed by atoms with Crippen LogP contribution in [0, 0.1) is 18.8 Å². The number of imidazole rings is 1. The molecule has 4 nitrogen and oxygen atoms in total. The number of benzene rings is 1. The Kier molecular flexibility index (Phi) is 3.71. The largest absolute Gasteiger partial charge is 0.294 e. The van der Waals surface area contributed by atoms with Crippen molar-refractivity contribution in [3.8, 4) is 11.8 Å². The summed E-state index contributed by atoms with van der Waals surface area (Å²) < 4.78 is 1.70. The Morgan fingerprint density at radius 1 is 1.27 bits per heavy atom. The highest BCUT2D eigenvalue weighted by atomic mass is 16.1. The van der Waals surface area contributed by atoms with Crippen LogP contribution in [0.25, 0.3) is 5.65 Å². The second-order valence-electron chi connectivity index (χ2n) is 4.99. The van der Waals surface area contributed by atoms with E-state index in [9.17, 15) is 4.79 Å². The predicted molar refractivity (Wildman–Crippen MR) is 84.8 cm³/mol. The van der Waals surface area contributed by atoms with Gasteiger partial charge in [0.05, 0.1) is 6.20 Å². The molecule has 0 aliphatic heterocycles. The summed E-state index contributed by atoms with van der Waals surface area (Å²) in [5.74, 6) is 6.33. The molecule has 2 heterocycles. The summed E-state index contributed by atoms with van der Waals surface area (Å²) >= 11 is 0. The molecule has 0 N–H and O–H groups in total. The minimum atomic E-state index is 0.125. The quantitative estimate of drug-likeness (QED) is 0.538. The van der Waals surface area contributed by atoms with Crippen molar-refractivity contribution in [1.82, 2.24) is 14.6 Å². The predicted octanol–water partition coefficient (Wildman–Crippen LogP) is 3.03. The van der Waals surface area contributed by atoms with Crippen LogP contribution in [-0.2, 0) is 0 Å². The number of carbonyl (C=O) groups is 1. The minimum absolute atomic E-state index is 0.125. The zero-order valence-corrected chi connectivity index (χ0v) is 12.5. The molecule has 4 heteroatoms. The Bertz CT molecular complexity index is 913. The molecule has 0 atom stereocenters. The molecule has 0 amide bonds. The van der Waals surface area contributed by atoms with Crippen molar-refractivity contribution < 1.29 is 4.79 Å². The molecule has 0 unspecified atom stereocenters. The standard InChI is InChI=1S/C18H15N3O/c1-3-17(22)15-7-6-13(2)14(11-15)8-9-16-12-19-18-5-4-10-20-21(16)18/h4-7,10-12H,3H2,1-2H3. The van der Waals surface area contributed by atoms with Gasteiger partial charge in [0, 0.05) is 23.7 Å². The monoisotopic (exact) mass is 289 g/mol. The number of hydrogen-bond acceptors (Lipinski definition) is 3. The average molecular weight is 289 g/mol. The van der Waals surface area contributed by atoms with Crippen molar-refractivity contribution in [2.75, 3.05) is 0 Å². The summed E-state index contributed by atoms with van der Waals surface area (Å²) in [6.45, 7) is 3.84. The summed E-state index contributed by atoms with van der Waals surface area (Å²) in [5, 5.41) is 4.23. The van der Waals surface area contributed by atoms with Crippen molar-refractivity contribution in [2.45, 2.75) is 20.3 Å². The lowest BCUT2D eigenvalue weighted by Gasteiger charge is -2.02. The van der Waals surface area contributed by atoms with Crippen molar-refractivity contribution in [3.05, 3.63) is 65.1 Å². The molecule has 3 rings (SSSR count). The van der Waals surface area contributed by atoms with E-state index in [1.165, 1.54) is 0 Å². The van der Waals surface area contributed by atoms with Gasteiger partial charge in [-0.05, 0) is 36.6 Å². The summed E-state index contributed by atoms with van der Waals surface area (Å²) in [4.78, 5) is 16.1. The van der Waals surface area contributed by atoms with E-state index in [0.717, 1.165) is 22.5 Å². The molecule has 0 spiro atoms. The van der Waals surface area contributed by atoms with E-state index >= 15 is 0 Å². The van der Waals surface area contributed by atoms with E-state index in [4.69, 9.17) is 0 Å². The molecule has 0 saturated carbocycles. The Balaban J connectivity index is 2.02. The van der Waals surface area contributed by atoms with Gasteiger partial charge in [0.15, 0.2) is 11.4 Å². The Labute approximate surface area is 128 Å². The van der Waals surface area contributed by atoms with Crippen LogP contribution < -0.4 is 0 Å². The smallest absolute Gasteiger partial charge is 0.162 e. The first-order valence-corrected chi connectivity index (χ1v) is 7.13. The third-order valence-corrected chi connectivity index (χ3v) is 3.48. The number of Topliss-reactive ketones (excluding diaryl/α,β-unsaturated/α-hetero) is 1. The number of aryl methyl sites for hydroxylation is 1. The summed E-state index contributed by atoms with van der Waals surface area (Å²) in [5.41, 5.74) is 4.08. The van der Waals surface area contributed by atoms with E-state index in [1.54, 1.807) is 16.9 Å². The van der Waals surface area contributed by atoms with Crippen LogP contribution >= 0.6 is 0 Å². The summed E-state index contributed by atoms with van der Waals surface area (Å²) in [7, 11) is 0. The molecule has 0 aliphatic carbocycles. The number of ketones is 1. The van der Waals surface area contributed by atoms with E-state index in [-0.39, 0.29) is 5.78 Å². The van der Waals surface area contributed by atoms with Gasteiger partial charge in [-0.15, -0.1) is 0 Å². The van der Waals surface area contributed by atoms with Crippen LogP contribution in [0.3, 0.4) is 0 Å². The van der Waals surface area contributed by atoms with Crippen molar-refractivity contribution in [2.24, 2.45) is 0 Å². The number of hydrogen-bond donors (Lipinski definition) is 0. The van der Waals surface area contributed by atoms with Crippen LogP contribution in [0.2, 0.25) is 0 Å². The van der Waals surface area contributed by atoms with Gasteiger partial charge in [-0.1, -0.05) is 25.0 Å². The molecule has 0 aliphatic rings. The molecule has 0 fully saturated rings. The highest BCUT2D eigenvalue weighted by molar-refractivity contribution is 5.96. The third kappa shape index (κ3) is 2.61. The topological polar surface area (TPSA) is 47.3 Å². The van der Waals surface area contributed by atoms with Crippen LogP contribution in [0.5, 0.6) is 0 Å². The van der Waals surface area contributed by atoms with E-state index in [0.29, 0.717) is 12.0 Å². The van der Waals surface area contributed by atoms with Gasteiger partial charge in [0.1, 0.15) is 5.69 Å². The number of carbonyl (C=O) groups excluding carboxylic acids is 1. The molecule has 0 saturated heterocycles. The lowest BCUT2D eigenvalue weighted by molar-refractivity contribution is 0.0988. The van der Waals surface area contributed by atoms with E-state index < -0.39 is 0 Å². The first-order valence-electron chi connectivity index (χ1n) is 7.13. The highest BCUT2D eigenvalue weighted by Gasteiger charge is 2.05. The fraction of sp³-hybridized carbons (Fsp3) is 0.167. The first-order chi connectivity index (χ1) is 10.7. The van der Waals surface area contributed by atoms with E-state index in [2.05, 4.69) is 21.9 Å². The highest BCUT2D eigenvalue weighted by Crippen LogP contribution is 2.12. The van der Waals surface area contributed by atoms with Crippen molar-refractivity contribution in [3.63, 3.8) is 0 Å². The second kappa shape index (κ2) is 5.82. The van der Waals surface area contributed by atoms with Gasteiger partial charge in [0.2, 0.25) is 0 Å². The van der Waals surface area contributed by atoms with Crippen molar-refractivity contribution in [1.29, 1.82) is 0 Å². The number of rotatable bonds is 2. The van der Waals surface area contributed by atoms with Gasteiger partial charge in [-0.25, -0.2) is 9.50 Å². The van der Waals surface area contributed by atoms with Gasteiger partial charge in [-0.2, -0.15) is 5.10 Å². The Morgan fingerprint density at radius 3 is 2.95 bits per heavy atom. The second-order valence-corrected chi connectivity index (χ2v) is 4.99. The Morgan fingerprint density at radius 2 is 2.14 bits per heavy atom. The molecular weight excluding hydrogens is 274 g/mol. The van der Waals surface area contributed by atoms with E-state index in [1.807, 2.05) is 44.2 Å². The number of fused-ring (bicyclic) bond motifs is 1. The maximum Gasteiger partial charge on any atom is 0.162 e. The molecule has 2 aromatic heterocycles. The fourth-order valence-corrected chi connectivity index (χ4v) is 2.18. The van der Waals surface area contributed by atoms with Gasteiger partial charge in [-0.3, -0.25) is 4.79 Å². The summed E-state index contributed by atoms with van der Waals surface area (Å²) in [6, 6.07) is 9.35. The van der Waals surface area contributed by atoms with Crippen LogP contribution in [0.15, 0.2) is 42.7 Å². The molecule has 3 aromatic rings. The molecule has 1 aromatic carbocycles. The number of nitrogens with zero attached hydrogens (tertiary/aromatic N) is 3. The third-order valence-electron chi connectivity index (χ3n) is 3.48. The van der Waals surface area contributed by atoms with Crippen LogP contribution in [0.1, 0.15) is 40.5 Å². The van der Waals surface area contributed by atoms with Gasteiger partial charge in [0.25, 0.3) is 0 Å². The molecule has 108 valence electrons. The normalized spacial score (nSPS) is 10.3. The van der Waals surface area contributed by atoms with Crippen LogP contribution in [0.4, 0.5) is 0 Å². The molecule has 0 radical (unpaired) electrons. The Hall–Kier alpha value is -2.93. The zero-order chi connectivity index (χ0) is 15.5. The maximum atomic E-state index is 11.8. The number of aromatic nitrogens is 3.